The predicted octanol–water partition coefficient (Wildman–Crippen LogP) is 2.72. The van der Waals surface area contributed by atoms with Gasteiger partial charge in [-0.15, -0.1) is 5.10 Å². The lowest BCUT2D eigenvalue weighted by Gasteiger charge is -2.08. The molecule has 1 N–H and O–H groups in total. The van der Waals surface area contributed by atoms with Crippen LogP contribution in [0.15, 0.2) is 28.9 Å². The fraction of sp³-hybridized carbons (Fsp3) is 0.200. The van der Waals surface area contributed by atoms with E-state index in [9.17, 15) is 9.50 Å². The number of aliphatic hydroxyl groups is 1. The van der Waals surface area contributed by atoms with Gasteiger partial charge in [-0.3, -0.25) is 0 Å². The SMILES string of the molecule is OC(Cc1cc(Br)ccc1F)c1cnns1. The monoisotopic (exact) mass is 302 g/mol. The maximum Gasteiger partial charge on any atom is 0.126 e. The summed E-state index contributed by atoms with van der Waals surface area (Å²) in [6, 6.07) is 4.66. The van der Waals surface area contributed by atoms with Gasteiger partial charge in [0.05, 0.1) is 17.2 Å². The van der Waals surface area contributed by atoms with Crippen LogP contribution in [-0.4, -0.2) is 14.7 Å². The van der Waals surface area contributed by atoms with Gasteiger partial charge in [-0.25, -0.2) is 4.39 Å². The first-order valence-electron chi connectivity index (χ1n) is 4.56. The average Bonchev–Trinajstić information content (AvgIpc) is 2.76. The molecule has 1 atom stereocenters. The molecule has 0 aliphatic carbocycles. The summed E-state index contributed by atoms with van der Waals surface area (Å²) in [5.41, 5.74) is 0.468. The largest absolute Gasteiger partial charge is 0.387 e. The third kappa shape index (κ3) is 2.63. The lowest BCUT2D eigenvalue weighted by atomic mass is 10.1. The van der Waals surface area contributed by atoms with Gasteiger partial charge in [-0.05, 0) is 35.3 Å². The molecule has 84 valence electrons. The highest BCUT2D eigenvalue weighted by molar-refractivity contribution is 9.10. The minimum atomic E-state index is -0.760. The van der Waals surface area contributed by atoms with Crippen molar-refractivity contribution in [3.05, 3.63) is 45.1 Å². The summed E-state index contributed by atoms with van der Waals surface area (Å²) < 4.78 is 17.9. The number of benzene rings is 1. The molecule has 1 heterocycles. The molecule has 6 heteroatoms. The maximum atomic E-state index is 13.4. The Morgan fingerprint density at radius 1 is 1.50 bits per heavy atom. The highest BCUT2D eigenvalue weighted by Crippen LogP contribution is 2.23. The Morgan fingerprint density at radius 2 is 2.31 bits per heavy atom. The molecule has 0 spiro atoms. The summed E-state index contributed by atoms with van der Waals surface area (Å²) in [6.45, 7) is 0. The fourth-order valence-electron chi connectivity index (χ4n) is 1.33. The molecule has 0 amide bonds. The number of hydrogen-bond donors (Lipinski definition) is 1. The Labute approximate surface area is 104 Å². The summed E-state index contributed by atoms with van der Waals surface area (Å²) in [6.07, 6.45) is 0.948. The van der Waals surface area contributed by atoms with Crippen molar-refractivity contribution in [3.8, 4) is 0 Å². The van der Waals surface area contributed by atoms with Crippen molar-refractivity contribution >= 4 is 27.5 Å². The van der Waals surface area contributed by atoms with Gasteiger partial charge >= 0.3 is 0 Å². The van der Waals surface area contributed by atoms with Crippen molar-refractivity contribution in [2.75, 3.05) is 0 Å². The molecular formula is C10H8BrFN2OS. The minimum Gasteiger partial charge on any atom is -0.387 e. The second kappa shape index (κ2) is 4.99. The Bertz CT molecular complexity index is 478. The third-order valence-corrected chi connectivity index (χ3v) is 3.39. The van der Waals surface area contributed by atoms with E-state index >= 15 is 0 Å². The zero-order valence-corrected chi connectivity index (χ0v) is 10.5. The molecule has 2 aromatic rings. The van der Waals surface area contributed by atoms with Gasteiger partial charge in [-0.1, -0.05) is 20.4 Å². The Hall–Kier alpha value is -0.850. The van der Waals surface area contributed by atoms with Gasteiger partial charge < -0.3 is 5.11 Å². The molecule has 0 aliphatic rings. The van der Waals surface area contributed by atoms with Crippen molar-refractivity contribution in [3.63, 3.8) is 0 Å². The Morgan fingerprint density at radius 3 is 3.00 bits per heavy atom. The van der Waals surface area contributed by atoms with E-state index in [0.717, 1.165) is 16.0 Å². The van der Waals surface area contributed by atoms with Crippen LogP contribution in [0.25, 0.3) is 0 Å². The molecule has 3 nitrogen and oxygen atoms in total. The van der Waals surface area contributed by atoms with E-state index in [0.29, 0.717) is 10.4 Å². The lowest BCUT2D eigenvalue weighted by Crippen LogP contribution is -2.01. The van der Waals surface area contributed by atoms with E-state index in [1.165, 1.54) is 12.3 Å². The van der Waals surface area contributed by atoms with E-state index in [2.05, 4.69) is 25.5 Å². The summed E-state index contributed by atoms with van der Waals surface area (Å²) in [5.74, 6) is -0.320. The summed E-state index contributed by atoms with van der Waals surface area (Å²) in [5, 5.41) is 13.5. The predicted molar refractivity (Wildman–Crippen MR) is 62.7 cm³/mol. The Balaban J connectivity index is 2.17. The molecule has 16 heavy (non-hydrogen) atoms. The molecule has 1 aromatic heterocycles. The molecule has 1 aromatic carbocycles. The number of rotatable bonds is 3. The van der Waals surface area contributed by atoms with Crippen molar-refractivity contribution in [2.24, 2.45) is 0 Å². The van der Waals surface area contributed by atoms with Gasteiger partial charge in [0.2, 0.25) is 0 Å². The van der Waals surface area contributed by atoms with Gasteiger partial charge in [-0.2, -0.15) is 0 Å². The van der Waals surface area contributed by atoms with Crippen LogP contribution in [-0.2, 0) is 6.42 Å². The average molecular weight is 303 g/mol. The second-order valence-electron chi connectivity index (χ2n) is 3.28. The minimum absolute atomic E-state index is 0.217. The highest BCUT2D eigenvalue weighted by Gasteiger charge is 2.13. The first kappa shape index (κ1) is 11.6. The standard InChI is InChI=1S/C10H8BrFN2OS/c11-7-1-2-8(12)6(3-7)4-9(15)10-5-13-14-16-10/h1-3,5,9,15H,4H2. The fourth-order valence-corrected chi connectivity index (χ4v) is 2.23. The van der Waals surface area contributed by atoms with Crippen molar-refractivity contribution in [1.82, 2.24) is 9.59 Å². The highest BCUT2D eigenvalue weighted by atomic mass is 79.9. The molecule has 0 saturated heterocycles. The molecule has 0 fully saturated rings. The van der Waals surface area contributed by atoms with Crippen LogP contribution < -0.4 is 0 Å². The van der Waals surface area contributed by atoms with E-state index in [1.807, 2.05) is 0 Å². The van der Waals surface area contributed by atoms with Gasteiger partial charge in [0.1, 0.15) is 5.82 Å². The topological polar surface area (TPSA) is 46.0 Å². The number of aromatic nitrogens is 2. The van der Waals surface area contributed by atoms with Crippen molar-refractivity contribution < 1.29 is 9.50 Å². The van der Waals surface area contributed by atoms with Crippen molar-refractivity contribution in [1.29, 1.82) is 0 Å². The van der Waals surface area contributed by atoms with Crippen LogP contribution in [0.1, 0.15) is 16.5 Å². The number of halogens is 2. The number of aliphatic hydroxyl groups excluding tert-OH is 1. The van der Waals surface area contributed by atoms with Crippen molar-refractivity contribution in [2.45, 2.75) is 12.5 Å². The van der Waals surface area contributed by atoms with Crippen LogP contribution in [0.2, 0.25) is 0 Å². The van der Waals surface area contributed by atoms with E-state index < -0.39 is 6.10 Å². The lowest BCUT2D eigenvalue weighted by molar-refractivity contribution is 0.180. The zero-order valence-electron chi connectivity index (χ0n) is 8.10. The van der Waals surface area contributed by atoms with Crippen LogP contribution in [0, 0.1) is 5.82 Å². The molecule has 0 aliphatic heterocycles. The molecular weight excluding hydrogens is 295 g/mol. The first-order chi connectivity index (χ1) is 7.66. The zero-order chi connectivity index (χ0) is 11.5. The second-order valence-corrected chi connectivity index (χ2v) is 5.01. The van der Waals surface area contributed by atoms with Gasteiger partial charge in [0.25, 0.3) is 0 Å². The van der Waals surface area contributed by atoms with E-state index in [4.69, 9.17) is 0 Å². The van der Waals surface area contributed by atoms with E-state index in [1.54, 1.807) is 12.1 Å². The summed E-state index contributed by atoms with van der Waals surface area (Å²) >= 11 is 4.38. The Kier molecular flexibility index (Phi) is 3.63. The maximum absolute atomic E-state index is 13.4. The third-order valence-electron chi connectivity index (χ3n) is 2.13. The number of hydrogen-bond acceptors (Lipinski definition) is 4. The van der Waals surface area contributed by atoms with E-state index in [-0.39, 0.29) is 12.2 Å². The van der Waals surface area contributed by atoms with Crippen LogP contribution in [0.4, 0.5) is 4.39 Å². The van der Waals surface area contributed by atoms with Gasteiger partial charge in [0, 0.05) is 10.9 Å². The quantitative estimate of drug-likeness (QED) is 0.948. The van der Waals surface area contributed by atoms with Crippen LogP contribution in [0.5, 0.6) is 0 Å². The molecule has 0 saturated carbocycles. The molecule has 1 unspecified atom stereocenters. The number of nitrogens with zero attached hydrogens (tertiary/aromatic N) is 2. The summed E-state index contributed by atoms with van der Waals surface area (Å²) in [4.78, 5) is 0.638. The summed E-state index contributed by atoms with van der Waals surface area (Å²) in [7, 11) is 0. The normalized spacial score (nSPS) is 12.7. The first-order valence-corrected chi connectivity index (χ1v) is 6.12. The molecule has 2 rings (SSSR count). The molecule has 0 bridgehead atoms. The smallest absolute Gasteiger partial charge is 0.126 e. The molecule has 0 radical (unpaired) electrons. The van der Waals surface area contributed by atoms with Gasteiger partial charge in [0.15, 0.2) is 0 Å². The van der Waals surface area contributed by atoms with Crippen LogP contribution in [0.3, 0.4) is 0 Å². The van der Waals surface area contributed by atoms with Crippen LogP contribution >= 0.6 is 27.5 Å².